The number of halogens is 5. The number of hydrogen-bond acceptors (Lipinski definition) is 8. The topological polar surface area (TPSA) is 140 Å². The van der Waals surface area contributed by atoms with Crippen LogP contribution in [0.5, 0.6) is 11.5 Å². The van der Waals surface area contributed by atoms with Crippen LogP contribution in [-0.4, -0.2) is 55.3 Å². The summed E-state index contributed by atoms with van der Waals surface area (Å²) in [6, 6.07) is 23.9. The van der Waals surface area contributed by atoms with Crippen molar-refractivity contribution in [3.05, 3.63) is 141 Å². The summed E-state index contributed by atoms with van der Waals surface area (Å²) in [5, 5.41) is 22.4. The first kappa shape index (κ1) is 38.6. The number of allylic oxidation sites excluding steroid dienone is 2. The number of aromatic hydroxyl groups is 2. The van der Waals surface area contributed by atoms with Gasteiger partial charge in [-0.3, -0.25) is 29.5 Å². The SMILES string of the molecule is O=C1C2CC=C3C(CC4C(=O)N(Nc5ncc(C(F)(F)F)cc5Cl)C(=O)C4(c4ccc(Cl)cc4)C3c3ccc(O)c4ccccc34)C2C(=O)N1CCc1ccc(O)cc1. The number of nitrogens with zero attached hydrogens (tertiary/aromatic N) is 3. The summed E-state index contributed by atoms with van der Waals surface area (Å²) in [7, 11) is 0. The number of hydrogen-bond donors (Lipinski definition) is 3. The number of nitrogens with one attached hydrogen (secondary N) is 1. The number of anilines is 1. The zero-order valence-corrected chi connectivity index (χ0v) is 32.3. The van der Waals surface area contributed by atoms with Gasteiger partial charge in [0.05, 0.1) is 33.8 Å². The summed E-state index contributed by atoms with van der Waals surface area (Å²) in [5.41, 5.74) is 2.24. The molecular weight excluding hydrogens is 808 g/mol. The number of benzene rings is 4. The molecule has 5 aromatic rings. The predicted octanol–water partition coefficient (Wildman–Crippen LogP) is 8.20. The fourth-order valence-electron chi connectivity index (χ4n) is 9.87. The average molecular weight is 842 g/mol. The molecule has 9 rings (SSSR count). The first-order valence-corrected chi connectivity index (χ1v) is 19.6. The minimum absolute atomic E-state index is 0.0209. The lowest BCUT2D eigenvalue weighted by molar-refractivity contribution is -0.141. The molecule has 4 aromatic carbocycles. The molecule has 15 heteroatoms. The molecule has 0 bridgehead atoms. The van der Waals surface area contributed by atoms with E-state index in [4.69, 9.17) is 23.2 Å². The molecular formula is C44H33Cl2F3N4O6. The Morgan fingerprint density at radius 1 is 0.847 bits per heavy atom. The molecule has 3 heterocycles. The summed E-state index contributed by atoms with van der Waals surface area (Å²) < 4.78 is 40.7. The van der Waals surface area contributed by atoms with Crippen LogP contribution in [0.15, 0.2) is 109 Å². The Hall–Kier alpha value is -5.92. The van der Waals surface area contributed by atoms with Crippen LogP contribution in [0.3, 0.4) is 0 Å². The highest BCUT2D eigenvalue weighted by atomic mass is 35.5. The van der Waals surface area contributed by atoms with Gasteiger partial charge in [-0.15, -0.1) is 0 Å². The number of hydrazine groups is 1. The quantitative estimate of drug-likeness (QED) is 0.110. The highest BCUT2D eigenvalue weighted by Crippen LogP contribution is 2.65. The monoisotopic (exact) mass is 840 g/mol. The molecule has 59 heavy (non-hydrogen) atoms. The summed E-state index contributed by atoms with van der Waals surface area (Å²) >= 11 is 12.7. The number of carbonyl (C=O) groups is 4. The number of likely N-dealkylation sites (tertiary alicyclic amines) is 1. The normalized spacial score (nSPS) is 25.2. The van der Waals surface area contributed by atoms with Gasteiger partial charge in [-0.25, -0.2) is 4.98 Å². The molecule has 3 N–H and O–H groups in total. The molecule has 2 aliphatic heterocycles. The number of aromatic nitrogens is 1. The lowest BCUT2D eigenvalue weighted by Crippen LogP contribution is -2.53. The van der Waals surface area contributed by atoms with Gasteiger partial charge in [0.15, 0.2) is 5.82 Å². The largest absolute Gasteiger partial charge is 0.508 e. The number of alkyl halides is 3. The van der Waals surface area contributed by atoms with E-state index in [1.807, 2.05) is 6.08 Å². The number of rotatable bonds is 7. The molecule has 2 aliphatic carbocycles. The van der Waals surface area contributed by atoms with E-state index in [1.165, 1.54) is 23.1 Å². The van der Waals surface area contributed by atoms with E-state index in [0.29, 0.717) is 51.2 Å². The number of phenolic OH excluding ortho intramolecular Hbond substituents is 2. The first-order valence-electron chi connectivity index (χ1n) is 18.9. The maximum atomic E-state index is 15.5. The van der Waals surface area contributed by atoms with Gasteiger partial charge < -0.3 is 10.2 Å². The third-order valence-electron chi connectivity index (χ3n) is 12.5. The minimum atomic E-state index is -4.76. The molecule has 4 amide bonds. The molecule has 6 atom stereocenters. The first-order chi connectivity index (χ1) is 28.2. The van der Waals surface area contributed by atoms with Crippen molar-refractivity contribution in [3.8, 4) is 11.5 Å². The van der Waals surface area contributed by atoms with E-state index in [2.05, 4.69) is 10.4 Å². The van der Waals surface area contributed by atoms with Crippen molar-refractivity contribution in [2.24, 2.45) is 23.7 Å². The van der Waals surface area contributed by atoms with E-state index in [9.17, 15) is 33.0 Å². The molecule has 4 aliphatic rings. The van der Waals surface area contributed by atoms with Crippen molar-refractivity contribution in [1.82, 2.24) is 14.9 Å². The fraction of sp³-hybridized carbons (Fsp3) is 0.250. The van der Waals surface area contributed by atoms with E-state index in [0.717, 1.165) is 10.6 Å². The molecule has 1 aromatic heterocycles. The number of phenols is 2. The Labute approximate surface area is 344 Å². The maximum Gasteiger partial charge on any atom is 0.417 e. The third kappa shape index (κ3) is 6.04. The van der Waals surface area contributed by atoms with Gasteiger partial charge in [-0.1, -0.05) is 89.4 Å². The van der Waals surface area contributed by atoms with Gasteiger partial charge >= 0.3 is 6.18 Å². The van der Waals surface area contributed by atoms with E-state index >= 15 is 9.59 Å². The van der Waals surface area contributed by atoms with Crippen LogP contribution < -0.4 is 5.43 Å². The Morgan fingerprint density at radius 3 is 2.25 bits per heavy atom. The molecule has 300 valence electrons. The average Bonchev–Trinajstić information content (AvgIpc) is 3.58. The van der Waals surface area contributed by atoms with Crippen molar-refractivity contribution < 1.29 is 42.6 Å². The zero-order chi connectivity index (χ0) is 41.5. The van der Waals surface area contributed by atoms with Crippen molar-refractivity contribution in [2.75, 3.05) is 12.0 Å². The van der Waals surface area contributed by atoms with Crippen molar-refractivity contribution in [1.29, 1.82) is 0 Å². The Morgan fingerprint density at radius 2 is 1.56 bits per heavy atom. The Balaban J connectivity index is 1.21. The summed E-state index contributed by atoms with van der Waals surface area (Å²) in [5.74, 6) is -6.97. The summed E-state index contributed by atoms with van der Waals surface area (Å²) in [4.78, 5) is 64.3. The van der Waals surface area contributed by atoms with Crippen LogP contribution in [0, 0.1) is 23.7 Å². The highest BCUT2D eigenvalue weighted by Gasteiger charge is 2.70. The van der Waals surface area contributed by atoms with Gasteiger partial charge in [0.1, 0.15) is 11.5 Å². The van der Waals surface area contributed by atoms with E-state index in [1.54, 1.807) is 66.7 Å². The maximum absolute atomic E-state index is 15.5. The van der Waals surface area contributed by atoms with Crippen LogP contribution in [0.2, 0.25) is 10.0 Å². The zero-order valence-electron chi connectivity index (χ0n) is 30.8. The Kier molecular flexibility index (Phi) is 9.24. The Bertz CT molecular complexity index is 2620. The highest BCUT2D eigenvalue weighted by molar-refractivity contribution is 6.33. The number of imide groups is 2. The molecule has 1 saturated carbocycles. The number of pyridine rings is 1. The van der Waals surface area contributed by atoms with Gasteiger partial charge in [-0.05, 0) is 83.7 Å². The van der Waals surface area contributed by atoms with Gasteiger partial charge in [0.25, 0.3) is 11.8 Å². The number of amides is 4. The molecule has 10 nitrogen and oxygen atoms in total. The molecule has 3 fully saturated rings. The second kappa shape index (κ2) is 14.1. The van der Waals surface area contributed by atoms with Crippen molar-refractivity contribution in [3.63, 3.8) is 0 Å². The second-order valence-electron chi connectivity index (χ2n) is 15.4. The molecule has 6 unspecified atom stereocenters. The van der Waals surface area contributed by atoms with Crippen LogP contribution in [0.4, 0.5) is 19.0 Å². The molecule has 2 saturated heterocycles. The minimum Gasteiger partial charge on any atom is -0.508 e. The van der Waals surface area contributed by atoms with Crippen molar-refractivity contribution in [2.45, 2.75) is 36.8 Å². The number of fused-ring (bicyclic) bond motifs is 5. The molecule has 0 radical (unpaired) electrons. The summed E-state index contributed by atoms with van der Waals surface area (Å²) in [6.45, 7) is 0.0949. The second-order valence-corrected chi connectivity index (χ2v) is 16.2. The predicted molar refractivity (Wildman–Crippen MR) is 211 cm³/mol. The van der Waals surface area contributed by atoms with Crippen LogP contribution >= 0.6 is 23.2 Å². The molecule has 0 spiro atoms. The van der Waals surface area contributed by atoms with Crippen LogP contribution in [0.1, 0.15) is 41.0 Å². The van der Waals surface area contributed by atoms with Gasteiger partial charge in [-0.2, -0.15) is 18.2 Å². The fourth-order valence-corrected chi connectivity index (χ4v) is 10.2. The van der Waals surface area contributed by atoms with Crippen molar-refractivity contribution >= 4 is 63.4 Å². The van der Waals surface area contributed by atoms with Gasteiger partial charge in [0, 0.05) is 29.1 Å². The lowest BCUT2D eigenvalue weighted by atomic mass is 9.49. The lowest BCUT2D eigenvalue weighted by Gasteiger charge is -2.51. The summed E-state index contributed by atoms with van der Waals surface area (Å²) in [6.07, 6.45) is -1.82. The van der Waals surface area contributed by atoms with E-state index < -0.39 is 69.5 Å². The van der Waals surface area contributed by atoms with Crippen LogP contribution in [0.25, 0.3) is 10.8 Å². The standard InChI is InChI=1S/C44H33Cl2F3N4O6/c45-25-9-7-23(8-10-25)43-33(40(57)53(42(43)59)51-38-34(46)19-24(21-50-38)44(47,48)49)20-32-30(37(43)29-15-16-35(55)28-4-2-1-3-27(28)29)13-14-31-36(32)41(58)52(39(31)56)18-17-22-5-11-26(54)12-6-22/h1-13,15-16,19,21,31-33,36-37,54-55H,14,17-18,20H2,(H,50,51). The smallest absolute Gasteiger partial charge is 0.417 e. The van der Waals surface area contributed by atoms with E-state index in [-0.39, 0.29) is 42.6 Å². The van der Waals surface area contributed by atoms with Gasteiger partial charge in [0.2, 0.25) is 11.8 Å². The van der Waals surface area contributed by atoms with Crippen LogP contribution in [-0.2, 0) is 37.2 Å². The third-order valence-corrected chi connectivity index (χ3v) is 13.0. The number of carbonyl (C=O) groups excluding carboxylic acids is 4.